The van der Waals surface area contributed by atoms with Gasteiger partial charge in [-0.05, 0) is 43.9 Å². The Morgan fingerprint density at radius 1 is 1.55 bits per heavy atom. The second kappa shape index (κ2) is 8.84. The van der Waals surface area contributed by atoms with Gasteiger partial charge in [0, 0.05) is 31.5 Å². The summed E-state index contributed by atoms with van der Waals surface area (Å²) in [7, 11) is 1.85. The lowest BCUT2D eigenvalue weighted by Gasteiger charge is -2.24. The van der Waals surface area contributed by atoms with Crippen LogP contribution in [0.5, 0.6) is 0 Å². The van der Waals surface area contributed by atoms with Crippen LogP contribution >= 0.6 is 11.8 Å². The highest BCUT2D eigenvalue weighted by Crippen LogP contribution is 2.13. The maximum atomic E-state index is 12.4. The van der Waals surface area contributed by atoms with E-state index in [-0.39, 0.29) is 11.9 Å². The highest BCUT2D eigenvalue weighted by Gasteiger charge is 2.18. The topological polar surface area (TPSA) is 45.2 Å². The molecule has 0 radical (unpaired) electrons. The van der Waals surface area contributed by atoms with E-state index in [1.54, 1.807) is 22.9 Å². The van der Waals surface area contributed by atoms with Crippen molar-refractivity contribution in [2.24, 2.45) is 0 Å². The molecule has 0 fully saturated rings. The maximum Gasteiger partial charge on any atom is 0.272 e. The van der Waals surface area contributed by atoms with Gasteiger partial charge in [-0.3, -0.25) is 9.78 Å². The molecule has 0 saturated carbocycles. The zero-order chi connectivity index (χ0) is 15.0. The van der Waals surface area contributed by atoms with E-state index in [1.165, 1.54) is 0 Å². The molecule has 0 aliphatic heterocycles. The molecule has 0 aliphatic rings. The van der Waals surface area contributed by atoms with Gasteiger partial charge in [0.25, 0.3) is 5.91 Å². The van der Waals surface area contributed by atoms with Gasteiger partial charge in [-0.25, -0.2) is 0 Å². The normalized spacial score (nSPS) is 12.0. The third-order valence-corrected chi connectivity index (χ3v) is 3.92. The van der Waals surface area contributed by atoms with Crippen LogP contribution in [0.25, 0.3) is 0 Å². The first-order valence-corrected chi connectivity index (χ1v) is 8.45. The molecule has 0 aromatic carbocycles. The Kier molecular flexibility index (Phi) is 7.44. The van der Waals surface area contributed by atoms with Gasteiger partial charge in [-0.1, -0.05) is 6.92 Å². The molecular formula is C15H25N3OS. The smallest absolute Gasteiger partial charge is 0.272 e. The molecule has 5 heteroatoms. The molecule has 20 heavy (non-hydrogen) atoms. The van der Waals surface area contributed by atoms with Gasteiger partial charge in [-0.2, -0.15) is 11.8 Å². The Labute approximate surface area is 126 Å². The number of amides is 1. The Morgan fingerprint density at radius 2 is 2.30 bits per heavy atom. The lowest BCUT2D eigenvalue weighted by atomic mass is 10.2. The molecule has 0 spiro atoms. The summed E-state index contributed by atoms with van der Waals surface area (Å²) in [5, 5.41) is 3.28. The fourth-order valence-corrected chi connectivity index (χ4v) is 2.37. The number of hydrogen-bond acceptors (Lipinski definition) is 4. The molecule has 1 aromatic heterocycles. The summed E-state index contributed by atoms with van der Waals surface area (Å²) in [4.78, 5) is 18.4. The number of pyridine rings is 1. The summed E-state index contributed by atoms with van der Waals surface area (Å²) in [6.45, 7) is 5.09. The maximum absolute atomic E-state index is 12.4. The first-order valence-electron chi connectivity index (χ1n) is 7.06. The number of nitrogens with one attached hydrogen (secondary N) is 1. The van der Waals surface area contributed by atoms with Crippen LogP contribution in [0.2, 0.25) is 0 Å². The van der Waals surface area contributed by atoms with Crippen LogP contribution in [-0.2, 0) is 0 Å². The van der Waals surface area contributed by atoms with E-state index in [4.69, 9.17) is 0 Å². The largest absolute Gasteiger partial charge is 0.385 e. The zero-order valence-electron chi connectivity index (χ0n) is 12.8. The van der Waals surface area contributed by atoms with Gasteiger partial charge in [0.2, 0.25) is 0 Å². The minimum Gasteiger partial charge on any atom is -0.385 e. The summed E-state index contributed by atoms with van der Waals surface area (Å²) in [5.74, 6) is 1.04. The van der Waals surface area contributed by atoms with Crippen molar-refractivity contribution in [1.82, 2.24) is 9.88 Å². The summed E-state index contributed by atoms with van der Waals surface area (Å²) in [6.07, 6.45) is 5.82. The van der Waals surface area contributed by atoms with E-state index in [0.29, 0.717) is 5.69 Å². The fourth-order valence-electron chi connectivity index (χ4n) is 1.79. The van der Waals surface area contributed by atoms with Crippen molar-refractivity contribution in [3.8, 4) is 0 Å². The van der Waals surface area contributed by atoms with Crippen LogP contribution < -0.4 is 5.32 Å². The molecule has 1 N–H and O–H groups in total. The first-order chi connectivity index (χ1) is 9.60. The highest BCUT2D eigenvalue weighted by atomic mass is 32.2. The SMILES string of the molecule is CCCNc1ccnc(C(=O)N(C)C(C)CCSC)c1. The van der Waals surface area contributed by atoms with E-state index in [2.05, 4.69) is 30.4 Å². The van der Waals surface area contributed by atoms with Gasteiger partial charge in [0.15, 0.2) is 0 Å². The second-order valence-corrected chi connectivity index (χ2v) is 5.89. The Hall–Kier alpha value is -1.23. The Morgan fingerprint density at radius 3 is 2.95 bits per heavy atom. The molecule has 0 saturated heterocycles. The predicted molar refractivity (Wildman–Crippen MR) is 87.6 cm³/mol. The van der Waals surface area contributed by atoms with Gasteiger partial charge in [-0.15, -0.1) is 0 Å². The molecule has 0 bridgehead atoms. The number of aromatic nitrogens is 1. The monoisotopic (exact) mass is 295 g/mol. The number of carbonyl (C=O) groups is 1. The highest BCUT2D eigenvalue weighted by molar-refractivity contribution is 7.98. The predicted octanol–water partition coefficient (Wildman–Crippen LogP) is 3.12. The first kappa shape index (κ1) is 16.8. The standard InChI is InChI=1S/C15H25N3OS/c1-5-8-16-13-6-9-17-14(11-13)15(19)18(3)12(2)7-10-20-4/h6,9,11-12H,5,7-8,10H2,1-4H3,(H,16,17). The molecule has 0 aliphatic carbocycles. The minimum absolute atomic E-state index is 0.0150. The van der Waals surface area contributed by atoms with Crippen molar-refractivity contribution in [3.05, 3.63) is 24.0 Å². The molecule has 1 atom stereocenters. The zero-order valence-corrected chi connectivity index (χ0v) is 13.7. The average molecular weight is 295 g/mol. The van der Waals surface area contributed by atoms with Gasteiger partial charge in [0.1, 0.15) is 5.69 Å². The molecule has 1 rings (SSSR count). The fraction of sp³-hybridized carbons (Fsp3) is 0.600. The summed E-state index contributed by atoms with van der Waals surface area (Å²) >= 11 is 1.80. The van der Waals surface area contributed by atoms with E-state index in [1.807, 2.05) is 19.2 Å². The van der Waals surface area contributed by atoms with Gasteiger partial charge >= 0.3 is 0 Å². The van der Waals surface area contributed by atoms with Crippen LogP contribution in [0.3, 0.4) is 0 Å². The number of rotatable bonds is 8. The number of nitrogens with zero attached hydrogens (tertiary/aromatic N) is 2. The lowest BCUT2D eigenvalue weighted by molar-refractivity contribution is 0.0735. The molecule has 1 unspecified atom stereocenters. The van der Waals surface area contributed by atoms with Crippen molar-refractivity contribution >= 4 is 23.4 Å². The summed E-state index contributed by atoms with van der Waals surface area (Å²) in [5.41, 5.74) is 1.46. The Bertz CT molecular complexity index is 425. The summed E-state index contributed by atoms with van der Waals surface area (Å²) in [6, 6.07) is 3.95. The van der Waals surface area contributed by atoms with Crippen molar-refractivity contribution < 1.29 is 4.79 Å². The number of hydrogen-bond donors (Lipinski definition) is 1. The van der Waals surface area contributed by atoms with Crippen LogP contribution in [0.15, 0.2) is 18.3 Å². The molecule has 1 heterocycles. The van der Waals surface area contributed by atoms with Crippen molar-refractivity contribution in [3.63, 3.8) is 0 Å². The quantitative estimate of drug-likeness (QED) is 0.800. The average Bonchev–Trinajstić information content (AvgIpc) is 2.49. The third-order valence-electron chi connectivity index (χ3n) is 3.28. The van der Waals surface area contributed by atoms with Crippen molar-refractivity contribution in [2.75, 3.05) is 30.9 Å². The van der Waals surface area contributed by atoms with Gasteiger partial charge < -0.3 is 10.2 Å². The number of thioether (sulfide) groups is 1. The number of carbonyl (C=O) groups excluding carboxylic acids is 1. The van der Waals surface area contributed by atoms with Crippen molar-refractivity contribution in [2.45, 2.75) is 32.7 Å². The molecule has 1 amide bonds. The second-order valence-electron chi connectivity index (χ2n) is 4.90. The molecule has 112 valence electrons. The third kappa shape index (κ3) is 5.04. The van der Waals surface area contributed by atoms with E-state index in [0.717, 1.165) is 30.8 Å². The van der Waals surface area contributed by atoms with E-state index >= 15 is 0 Å². The molecular weight excluding hydrogens is 270 g/mol. The van der Waals surface area contributed by atoms with Crippen molar-refractivity contribution in [1.29, 1.82) is 0 Å². The summed E-state index contributed by atoms with van der Waals surface area (Å²) < 4.78 is 0. The molecule has 1 aromatic rings. The van der Waals surface area contributed by atoms with Gasteiger partial charge in [0.05, 0.1) is 0 Å². The minimum atomic E-state index is -0.0150. The van der Waals surface area contributed by atoms with Crippen LogP contribution in [0.4, 0.5) is 5.69 Å². The molecule has 4 nitrogen and oxygen atoms in total. The van der Waals surface area contributed by atoms with Crippen LogP contribution in [0.1, 0.15) is 37.2 Å². The van der Waals surface area contributed by atoms with Crippen LogP contribution in [-0.4, -0.2) is 47.4 Å². The Balaban J connectivity index is 2.70. The van der Waals surface area contributed by atoms with Crippen LogP contribution in [0, 0.1) is 0 Å². The van der Waals surface area contributed by atoms with E-state index in [9.17, 15) is 4.79 Å². The number of anilines is 1. The lowest BCUT2D eigenvalue weighted by Crippen LogP contribution is -2.35. The van der Waals surface area contributed by atoms with E-state index < -0.39 is 0 Å².